The van der Waals surface area contributed by atoms with Crippen LogP contribution >= 0.6 is 0 Å². The Labute approximate surface area is 115 Å². The second-order valence-corrected chi connectivity index (χ2v) is 5.07. The highest BCUT2D eigenvalue weighted by molar-refractivity contribution is 5.92. The van der Waals surface area contributed by atoms with Gasteiger partial charge in [0.1, 0.15) is 0 Å². The van der Waals surface area contributed by atoms with E-state index in [4.69, 9.17) is 0 Å². The van der Waals surface area contributed by atoms with Crippen molar-refractivity contribution in [3.63, 3.8) is 0 Å². The number of anilines is 1. The van der Waals surface area contributed by atoms with Gasteiger partial charge in [-0.3, -0.25) is 4.79 Å². The van der Waals surface area contributed by atoms with Crippen molar-refractivity contribution in [2.45, 2.75) is 19.3 Å². The molecule has 2 rings (SSSR count). The van der Waals surface area contributed by atoms with Crippen LogP contribution in [0.1, 0.15) is 18.4 Å². The monoisotopic (exact) mass is 261 g/mol. The van der Waals surface area contributed by atoms with Crippen molar-refractivity contribution in [1.82, 2.24) is 10.2 Å². The van der Waals surface area contributed by atoms with Crippen LogP contribution in [-0.4, -0.2) is 44.0 Å². The number of hydrogen-bond donors (Lipinski definition) is 2. The van der Waals surface area contributed by atoms with E-state index in [2.05, 4.69) is 27.7 Å². The van der Waals surface area contributed by atoms with E-state index in [9.17, 15) is 4.79 Å². The first-order valence-corrected chi connectivity index (χ1v) is 7.03. The molecule has 2 N–H and O–H groups in total. The number of nitrogens with one attached hydrogen (secondary N) is 2. The van der Waals surface area contributed by atoms with Crippen LogP contribution in [-0.2, 0) is 11.2 Å². The summed E-state index contributed by atoms with van der Waals surface area (Å²) >= 11 is 0. The largest absolute Gasteiger partial charge is 0.325 e. The van der Waals surface area contributed by atoms with Crippen molar-refractivity contribution in [1.29, 1.82) is 0 Å². The molecule has 1 heterocycles. The maximum absolute atomic E-state index is 11.4. The number of benzene rings is 1. The molecule has 104 valence electrons. The van der Waals surface area contributed by atoms with Gasteiger partial charge in [-0.15, -0.1) is 0 Å². The molecule has 1 saturated heterocycles. The molecular formula is C15H23N3O. The molecule has 1 aliphatic heterocycles. The van der Waals surface area contributed by atoms with Gasteiger partial charge in [-0.05, 0) is 57.1 Å². The van der Waals surface area contributed by atoms with Crippen molar-refractivity contribution < 1.29 is 4.79 Å². The molecule has 0 bridgehead atoms. The van der Waals surface area contributed by atoms with Crippen molar-refractivity contribution in [3.8, 4) is 0 Å². The van der Waals surface area contributed by atoms with Crippen molar-refractivity contribution >= 4 is 11.6 Å². The van der Waals surface area contributed by atoms with Crippen LogP contribution in [0.15, 0.2) is 24.3 Å². The lowest BCUT2D eigenvalue weighted by molar-refractivity contribution is -0.115. The molecule has 0 unspecified atom stereocenters. The summed E-state index contributed by atoms with van der Waals surface area (Å²) in [5, 5.41) is 5.69. The van der Waals surface area contributed by atoms with Gasteiger partial charge in [0.2, 0.25) is 5.91 Å². The van der Waals surface area contributed by atoms with Crippen molar-refractivity contribution in [2.24, 2.45) is 0 Å². The molecule has 1 aliphatic rings. The van der Waals surface area contributed by atoms with E-state index in [0.717, 1.165) is 18.7 Å². The number of nitrogens with zero attached hydrogens (tertiary/aromatic N) is 1. The Morgan fingerprint density at radius 2 is 1.89 bits per heavy atom. The van der Waals surface area contributed by atoms with Gasteiger partial charge in [0.05, 0.1) is 6.54 Å². The van der Waals surface area contributed by atoms with E-state index in [-0.39, 0.29) is 5.91 Å². The van der Waals surface area contributed by atoms with Gasteiger partial charge in [0, 0.05) is 12.2 Å². The Hall–Kier alpha value is -1.39. The summed E-state index contributed by atoms with van der Waals surface area (Å²) < 4.78 is 0. The molecule has 1 aromatic rings. The average molecular weight is 261 g/mol. The highest BCUT2D eigenvalue weighted by atomic mass is 16.1. The predicted molar refractivity (Wildman–Crippen MR) is 78.4 cm³/mol. The zero-order valence-electron chi connectivity index (χ0n) is 11.6. The minimum Gasteiger partial charge on any atom is -0.325 e. The quantitative estimate of drug-likeness (QED) is 0.815. The fraction of sp³-hybridized carbons (Fsp3) is 0.533. The standard InChI is InChI=1S/C15H23N3O/c1-16-12-15(19)17-14-6-4-13(5-7-14)8-11-18-9-2-3-10-18/h4-7,16H,2-3,8-12H2,1H3,(H,17,19). The SMILES string of the molecule is CNCC(=O)Nc1ccc(CCN2CCCC2)cc1. The molecule has 0 aromatic heterocycles. The molecule has 4 heteroatoms. The van der Waals surface area contributed by atoms with E-state index in [1.165, 1.54) is 31.5 Å². The van der Waals surface area contributed by atoms with Crippen LogP contribution in [0.4, 0.5) is 5.69 Å². The number of carbonyl (C=O) groups excluding carboxylic acids is 1. The highest BCUT2D eigenvalue weighted by Gasteiger charge is 2.10. The van der Waals surface area contributed by atoms with Crippen LogP contribution in [0, 0.1) is 0 Å². The lowest BCUT2D eigenvalue weighted by Crippen LogP contribution is -2.25. The lowest BCUT2D eigenvalue weighted by Gasteiger charge is -2.14. The molecule has 1 aromatic carbocycles. The van der Waals surface area contributed by atoms with Crippen LogP contribution in [0.5, 0.6) is 0 Å². The van der Waals surface area contributed by atoms with Crippen LogP contribution in [0.25, 0.3) is 0 Å². The van der Waals surface area contributed by atoms with E-state index in [1.54, 1.807) is 7.05 Å². The fourth-order valence-electron chi connectivity index (χ4n) is 2.41. The molecule has 0 spiro atoms. The van der Waals surface area contributed by atoms with Crippen LogP contribution < -0.4 is 10.6 Å². The topological polar surface area (TPSA) is 44.4 Å². The summed E-state index contributed by atoms with van der Waals surface area (Å²) in [5.41, 5.74) is 2.20. The second-order valence-electron chi connectivity index (χ2n) is 5.07. The molecule has 0 atom stereocenters. The smallest absolute Gasteiger partial charge is 0.238 e. The minimum atomic E-state index is -0.00711. The first-order valence-electron chi connectivity index (χ1n) is 7.03. The summed E-state index contributed by atoms with van der Waals surface area (Å²) in [6, 6.07) is 8.16. The van der Waals surface area contributed by atoms with Crippen LogP contribution in [0.3, 0.4) is 0 Å². The third kappa shape index (κ3) is 4.65. The van der Waals surface area contributed by atoms with Gasteiger partial charge in [-0.2, -0.15) is 0 Å². The number of likely N-dealkylation sites (N-methyl/N-ethyl adjacent to an activating group) is 1. The number of carbonyl (C=O) groups is 1. The summed E-state index contributed by atoms with van der Waals surface area (Å²) in [6.07, 6.45) is 3.78. The number of likely N-dealkylation sites (tertiary alicyclic amines) is 1. The Morgan fingerprint density at radius 3 is 2.53 bits per heavy atom. The molecule has 19 heavy (non-hydrogen) atoms. The third-order valence-electron chi connectivity index (χ3n) is 3.49. The Kier molecular flexibility index (Phi) is 5.36. The first kappa shape index (κ1) is 14.0. The highest BCUT2D eigenvalue weighted by Crippen LogP contribution is 2.12. The average Bonchev–Trinajstić information content (AvgIpc) is 2.91. The lowest BCUT2D eigenvalue weighted by atomic mass is 10.1. The predicted octanol–water partition coefficient (Wildman–Crippen LogP) is 1.48. The molecule has 0 radical (unpaired) electrons. The number of rotatable bonds is 6. The second kappa shape index (κ2) is 7.26. The van der Waals surface area contributed by atoms with Gasteiger partial charge < -0.3 is 15.5 Å². The summed E-state index contributed by atoms with van der Waals surface area (Å²) in [4.78, 5) is 13.9. The zero-order valence-corrected chi connectivity index (χ0v) is 11.6. The third-order valence-corrected chi connectivity index (χ3v) is 3.49. The van der Waals surface area contributed by atoms with E-state index >= 15 is 0 Å². The van der Waals surface area contributed by atoms with Crippen molar-refractivity contribution in [2.75, 3.05) is 38.5 Å². The van der Waals surface area contributed by atoms with Gasteiger partial charge in [-0.1, -0.05) is 12.1 Å². The van der Waals surface area contributed by atoms with Crippen LogP contribution in [0.2, 0.25) is 0 Å². The van der Waals surface area contributed by atoms with E-state index < -0.39 is 0 Å². The zero-order chi connectivity index (χ0) is 13.5. The van der Waals surface area contributed by atoms with E-state index in [0.29, 0.717) is 6.54 Å². The molecule has 0 aliphatic carbocycles. The Bertz CT molecular complexity index is 396. The maximum atomic E-state index is 11.4. The number of amides is 1. The van der Waals surface area contributed by atoms with E-state index in [1.807, 2.05) is 12.1 Å². The normalized spacial score (nSPS) is 15.6. The van der Waals surface area contributed by atoms with Gasteiger partial charge in [-0.25, -0.2) is 0 Å². The first-order chi connectivity index (χ1) is 9.28. The Morgan fingerprint density at radius 1 is 1.21 bits per heavy atom. The minimum absolute atomic E-state index is 0.00711. The molecule has 1 fully saturated rings. The summed E-state index contributed by atoms with van der Waals surface area (Å²) in [5.74, 6) is -0.00711. The molecule has 4 nitrogen and oxygen atoms in total. The molecular weight excluding hydrogens is 238 g/mol. The molecule has 0 saturated carbocycles. The van der Waals surface area contributed by atoms with Gasteiger partial charge in [0.25, 0.3) is 0 Å². The Balaban J connectivity index is 1.78. The van der Waals surface area contributed by atoms with Gasteiger partial charge in [0.15, 0.2) is 0 Å². The summed E-state index contributed by atoms with van der Waals surface area (Å²) in [6.45, 7) is 3.98. The molecule has 1 amide bonds. The van der Waals surface area contributed by atoms with Crippen molar-refractivity contribution in [3.05, 3.63) is 29.8 Å². The number of hydrogen-bond acceptors (Lipinski definition) is 3. The summed E-state index contributed by atoms with van der Waals surface area (Å²) in [7, 11) is 1.76. The fourth-order valence-corrected chi connectivity index (χ4v) is 2.41. The van der Waals surface area contributed by atoms with Gasteiger partial charge >= 0.3 is 0 Å². The maximum Gasteiger partial charge on any atom is 0.238 e.